The van der Waals surface area contributed by atoms with Gasteiger partial charge in [-0.15, -0.1) is 0 Å². The second kappa shape index (κ2) is 5.37. The van der Waals surface area contributed by atoms with Gasteiger partial charge in [-0.25, -0.2) is 9.59 Å². The molecule has 2 amide bonds. The van der Waals surface area contributed by atoms with E-state index in [9.17, 15) is 24.0 Å². The lowest BCUT2D eigenvalue weighted by atomic mass is 10.1. The number of carbonyl (C=O) groups is 3. The lowest BCUT2D eigenvalue weighted by molar-refractivity contribution is -0.167. The van der Waals surface area contributed by atoms with Crippen molar-refractivity contribution in [1.29, 1.82) is 0 Å². The summed E-state index contributed by atoms with van der Waals surface area (Å²) in [5.74, 6) is -2.47. The molecule has 9 heteroatoms. The highest BCUT2D eigenvalue weighted by Gasteiger charge is 2.38. The van der Waals surface area contributed by atoms with Gasteiger partial charge in [0.25, 0.3) is 17.4 Å². The van der Waals surface area contributed by atoms with Crippen molar-refractivity contribution in [1.82, 2.24) is 15.0 Å². The molecule has 116 valence electrons. The average molecular weight is 315 g/mol. The molecule has 0 unspecified atom stereocenters. The lowest BCUT2D eigenvalue weighted by Gasteiger charge is -2.12. The number of hydroxylamine groups is 2. The van der Waals surface area contributed by atoms with Crippen LogP contribution in [0.15, 0.2) is 39.9 Å². The normalized spacial score (nSPS) is 13.1. The second-order valence-electron chi connectivity index (χ2n) is 4.70. The number of amides is 2. The predicted octanol–water partition coefficient (Wildman–Crippen LogP) is -0.640. The van der Waals surface area contributed by atoms with E-state index in [2.05, 4.69) is 4.98 Å². The highest BCUT2D eigenvalue weighted by molar-refractivity contribution is 6.20. The monoisotopic (exact) mass is 315 g/mol. The van der Waals surface area contributed by atoms with E-state index in [4.69, 9.17) is 4.84 Å². The summed E-state index contributed by atoms with van der Waals surface area (Å²) in [6.07, 6.45) is -0.480. The van der Waals surface area contributed by atoms with Crippen molar-refractivity contribution in [2.45, 2.75) is 6.42 Å². The molecule has 9 nitrogen and oxygen atoms in total. The Morgan fingerprint density at radius 1 is 1.00 bits per heavy atom. The van der Waals surface area contributed by atoms with Gasteiger partial charge in [0.1, 0.15) is 0 Å². The Bertz CT molecular complexity index is 879. The molecule has 0 spiro atoms. The fourth-order valence-corrected chi connectivity index (χ4v) is 2.15. The van der Waals surface area contributed by atoms with E-state index in [1.165, 1.54) is 12.1 Å². The molecule has 0 aliphatic carbocycles. The fourth-order valence-electron chi connectivity index (χ4n) is 2.15. The summed E-state index contributed by atoms with van der Waals surface area (Å²) in [6, 6.07) is 7.05. The van der Waals surface area contributed by atoms with E-state index in [0.29, 0.717) is 5.06 Å². The third kappa shape index (κ3) is 2.67. The van der Waals surface area contributed by atoms with Crippen LogP contribution in [0.3, 0.4) is 0 Å². The minimum absolute atomic E-state index is 0.000332. The predicted molar refractivity (Wildman–Crippen MR) is 74.4 cm³/mol. The molecular formula is C14H9N3O6. The van der Waals surface area contributed by atoms with E-state index in [0.717, 1.165) is 6.07 Å². The van der Waals surface area contributed by atoms with Gasteiger partial charge in [-0.05, 0) is 12.1 Å². The highest BCUT2D eigenvalue weighted by Crippen LogP contribution is 2.22. The van der Waals surface area contributed by atoms with Crippen molar-refractivity contribution in [3.63, 3.8) is 0 Å². The van der Waals surface area contributed by atoms with E-state index < -0.39 is 35.5 Å². The maximum absolute atomic E-state index is 12.0. The van der Waals surface area contributed by atoms with Gasteiger partial charge in [0, 0.05) is 11.8 Å². The van der Waals surface area contributed by atoms with E-state index in [1.54, 1.807) is 12.1 Å². The molecule has 2 heterocycles. The van der Waals surface area contributed by atoms with Crippen LogP contribution in [-0.2, 0) is 16.1 Å². The summed E-state index contributed by atoms with van der Waals surface area (Å²) in [6.45, 7) is 0. The summed E-state index contributed by atoms with van der Waals surface area (Å²) in [7, 11) is 0. The second-order valence-corrected chi connectivity index (χ2v) is 4.70. The Morgan fingerprint density at radius 3 is 2.17 bits per heavy atom. The van der Waals surface area contributed by atoms with Crippen LogP contribution < -0.4 is 11.2 Å². The van der Waals surface area contributed by atoms with Crippen LogP contribution in [0.2, 0.25) is 0 Å². The first-order chi connectivity index (χ1) is 11.0. The number of fused-ring (bicyclic) bond motifs is 1. The molecule has 0 bridgehead atoms. The standard InChI is InChI=1S/C14H9N3O6/c18-10-5-7(15-14(22)16-10)6-11(19)23-17-12(20)8-3-1-2-4-9(8)13(17)21/h1-5H,6H2,(H2,15,16,18,22). The van der Waals surface area contributed by atoms with Crippen molar-refractivity contribution < 1.29 is 19.2 Å². The molecule has 0 atom stereocenters. The molecule has 23 heavy (non-hydrogen) atoms. The minimum Gasteiger partial charge on any atom is -0.329 e. The zero-order chi connectivity index (χ0) is 16.6. The summed E-state index contributed by atoms with van der Waals surface area (Å²) in [4.78, 5) is 67.1. The first-order valence-corrected chi connectivity index (χ1v) is 6.47. The zero-order valence-corrected chi connectivity index (χ0v) is 11.5. The van der Waals surface area contributed by atoms with Gasteiger partial charge in [-0.2, -0.15) is 0 Å². The van der Waals surface area contributed by atoms with Crippen molar-refractivity contribution in [3.05, 3.63) is 68.0 Å². The largest absolute Gasteiger partial charge is 0.339 e. The Labute approximate surface area is 127 Å². The van der Waals surface area contributed by atoms with E-state index in [1.807, 2.05) is 4.98 Å². The molecule has 1 aromatic heterocycles. The maximum atomic E-state index is 12.0. The minimum atomic E-state index is -0.972. The number of carbonyl (C=O) groups excluding carboxylic acids is 3. The quantitative estimate of drug-likeness (QED) is 0.725. The highest BCUT2D eigenvalue weighted by atomic mass is 16.7. The number of nitrogens with one attached hydrogen (secondary N) is 2. The van der Waals surface area contributed by atoms with Crippen molar-refractivity contribution in [3.8, 4) is 0 Å². The average Bonchev–Trinajstić information content (AvgIpc) is 2.72. The summed E-state index contributed by atoms with van der Waals surface area (Å²) < 4.78 is 0. The smallest absolute Gasteiger partial charge is 0.329 e. The number of rotatable bonds is 3. The van der Waals surface area contributed by atoms with Gasteiger partial charge >= 0.3 is 11.7 Å². The van der Waals surface area contributed by atoms with Crippen molar-refractivity contribution >= 4 is 17.8 Å². The molecule has 1 aliphatic rings. The molecular weight excluding hydrogens is 306 g/mol. The van der Waals surface area contributed by atoms with Crippen LogP contribution in [-0.4, -0.2) is 32.8 Å². The Kier molecular flexibility index (Phi) is 3.37. The van der Waals surface area contributed by atoms with Crippen molar-refractivity contribution in [2.75, 3.05) is 0 Å². The first-order valence-electron chi connectivity index (χ1n) is 6.47. The summed E-state index contributed by atoms with van der Waals surface area (Å²) >= 11 is 0. The number of aromatic amines is 2. The molecule has 0 saturated heterocycles. The van der Waals surface area contributed by atoms with Crippen LogP contribution in [0.5, 0.6) is 0 Å². The molecule has 2 aromatic rings. The van der Waals surface area contributed by atoms with Crippen LogP contribution in [0.4, 0.5) is 0 Å². The SMILES string of the molecule is O=C(Cc1cc(=O)[nH]c(=O)[nH]1)ON1C(=O)c2ccccc2C1=O. The maximum Gasteiger partial charge on any atom is 0.339 e. The van der Waals surface area contributed by atoms with Crippen LogP contribution in [0.1, 0.15) is 26.4 Å². The van der Waals surface area contributed by atoms with Gasteiger partial charge in [0.15, 0.2) is 0 Å². The number of hydrogen-bond acceptors (Lipinski definition) is 6. The number of imide groups is 1. The van der Waals surface area contributed by atoms with Gasteiger partial charge in [-0.3, -0.25) is 19.4 Å². The van der Waals surface area contributed by atoms with Gasteiger partial charge < -0.3 is 9.82 Å². The molecule has 0 radical (unpaired) electrons. The number of benzene rings is 1. The fraction of sp³-hybridized carbons (Fsp3) is 0.0714. The molecule has 1 aromatic carbocycles. The van der Waals surface area contributed by atoms with Crippen LogP contribution >= 0.6 is 0 Å². The first kappa shape index (κ1) is 14.4. The topological polar surface area (TPSA) is 129 Å². The van der Waals surface area contributed by atoms with Crippen LogP contribution in [0, 0.1) is 0 Å². The van der Waals surface area contributed by atoms with E-state index >= 15 is 0 Å². The number of hydrogen-bond donors (Lipinski definition) is 2. The Morgan fingerprint density at radius 2 is 1.61 bits per heavy atom. The number of H-pyrrole nitrogens is 2. The molecule has 2 N–H and O–H groups in total. The molecule has 3 rings (SSSR count). The van der Waals surface area contributed by atoms with Gasteiger partial charge in [-0.1, -0.05) is 17.2 Å². The Balaban J connectivity index is 1.77. The summed E-state index contributed by atoms with van der Waals surface area (Å²) in [5.41, 5.74) is -1.19. The summed E-state index contributed by atoms with van der Waals surface area (Å²) in [5, 5.41) is 0.359. The molecule has 1 aliphatic heterocycles. The molecule has 0 saturated carbocycles. The third-order valence-corrected chi connectivity index (χ3v) is 3.10. The third-order valence-electron chi connectivity index (χ3n) is 3.10. The Hall–Kier alpha value is -3.49. The molecule has 0 fully saturated rings. The van der Waals surface area contributed by atoms with E-state index in [-0.39, 0.29) is 16.8 Å². The lowest BCUT2D eigenvalue weighted by Crippen LogP contribution is -2.34. The number of aromatic nitrogens is 2. The van der Waals surface area contributed by atoms with Crippen LogP contribution in [0.25, 0.3) is 0 Å². The number of nitrogens with zero attached hydrogens (tertiary/aromatic N) is 1. The van der Waals surface area contributed by atoms with Gasteiger partial charge in [0.05, 0.1) is 17.5 Å². The zero-order valence-electron chi connectivity index (χ0n) is 11.5. The van der Waals surface area contributed by atoms with Crippen molar-refractivity contribution in [2.24, 2.45) is 0 Å². The van der Waals surface area contributed by atoms with Gasteiger partial charge in [0.2, 0.25) is 0 Å².